The van der Waals surface area contributed by atoms with E-state index in [0.29, 0.717) is 6.42 Å². The van der Waals surface area contributed by atoms with Crippen molar-refractivity contribution in [3.63, 3.8) is 0 Å². The highest BCUT2D eigenvalue weighted by Gasteiger charge is 2.12. The molecule has 4 rings (SSSR count). The minimum absolute atomic E-state index is 0.0805. The highest BCUT2D eigenvalue weighted by molar-refractivity contribution is 5.86. The molecule has 0 saturated heterocycles. The van der Waals surface area contributed by atoms with Gasteiger partial charge in [0.2, 0.25) is 0 Å². The summed E-state index contributed by atoms with van der Waals surface area (Å²) in [7, 11) is 0. The maximum absolute atomic E-state index is 12.5. The normalized spacial score (nSPS) is 11.2. The second kappa shape index (κ2) is 9.64. The number of ether oxygens (including phenoxy) is 1. The first-order chi connectivity index (χ1) is 15.5. The van der Waals surface area contributed by atoms with Gasteiger partial charge < -0.3 is 14.4 Å². The van der Waals surface area contributed by atoms with Crippen LogP contribution in [0.5, 0.6) is 5.75 Å². The quantitative estimate of drug-likeness (QED) is 0.349. The van der Waals surface area contributed by atoms with Gasteiger partial charge in [-0.25, -0.2) is 0 Å². The summed E-state index contributed by atoms with van der Waals surface area (Å²) in [5.74, 6) is -0.710. The lowest BCUT2D eigenvalue weighted by Gasteiger charge is -2.08. The fourth-order valence-corrected chi connectivity index (χ4v) is 3.88. The first kappa shape index (κ1) is 21.6. The topological polar surface area (TPSA) is 51.5 Å². The number of hydrogen-bond acceptors (Lipinski definition) is 2. The highest BCUT2D eigenvalue weighted by atomic mass is 19.3. The number of aliphatic carboxylic acids is 1. The van der Waals surface area contributed by atoms with E-state index in [1.54, 1.807) is 12.1 Å². The fourth-order valence-electron chi connectivity index (χ4n) is 3.88. The number of aryl methyl sites for hydroxylation is 3. The van der Waals surface area contributed by atoms with Gasteiger partial charge in [0, 0.05) is 23.7 Å². The number of fused-ring (bicyclic) bond motifs is 1. The van der Waals surface area contributed by atoms with Gasteiger partial charge in [0.05, 0.1) is 5.52 Å². The van der Waals surface area contributed by atoms with Crippen LogP contribution in [-0.4, -0.2) is 22.3 Å². The van der Waals surface area contributed by atoms with Crippen LogP contribution in [0.2, 0.25) is 0 Å². The molecular weight excluding hydrogens is 412 g/mol. The molecule has 0 fully saturated rings. The van der Waals surface area contributed by atoms with Crippen LogP contribution in [0.4, 0.5) is 8.78 Å². The van der Waals surface area contributed by atoms with Crippen molar-refractivity contribution in [1.82, 2.24) is 4.57 Å². The van der Waals surface area contributed by atoms with E-state index in [-0.39, 0.29) is 12.2 Å². The van der Waals surface area contributed by atoms with Gasteiger partial charge in [0.15, 0.2) is 0 Å². The first-order valence-electron chi connectivity index (χ1n) is 10.4. The van der Waals surface area contributed by atoms with E-state index in [1.165, 1.54) is 17.7 Å². The number of aromatic nitrogens is 1. The Kier molecular flexibility index (Phi) is 6.50. The molecule has 4 aromatic rings. The maximum atomic E-state index is 12.5. The van der Waals surface area contributed by atoms with Crippen LogP contribution in [0.15, 0.2) is 79.0 Å². The summed E-state index contributed by atoms with van der Waals surface area (Å²) in [6.45, 7) is -2.86. The number of carboxylic acids is 1. The lowest BCUT2D eigenvalue weighted by atomic mass is 10.0. The van der Waals surface area contributed by atoms with Crippen molar-refractivity contribution in [3.8, 4) is 11.4 Å². The summed E-state index contributed by atoms with van der Waals surface area (Å²) >= 11 is 0. The van der Waals surface area contributed by atoms with E-state index in [4.69, 9.17) is 5.11 Å². The SMILES string of the molecule is O=C(O)CCc1ccc2c(c1)c(CCc1ccccc1)cn2-c1ccc(OC(F)F)cc1. The number of halogens is 2. The molecule has 0 aliphatic heterocycles. The monoisotopic (exact) mass is 435 g/mol. The zero-order chi connectivity index (χ0) is 22.5. The number of carboxylic acid groups (broad SMARTS) is 1. The summed E-state index contributed by atoms with van der Waals surface area (Å²) < 4.78 is 31.4. The molecule has 0 spiro atoms. The highest BCUT2D eigenvalue weighted by Crippen LogP contribution is 2.29. The molecule has 1 aromatic heterocycles. The summed E-state index contributed by atoms with van der Waals surface area (Å²) in [4.78, 5) is 11.0. The molecule has 0 amide bonds. The molecule has 0 saturated carbocycles. The average Bonchev–Trinajstić information content (AvgIpc) is 3.15. The third-order valence-corrected chi connectivity index (χ3v) is 5.44. The smallest absolute Gasteiger partial charge is 0.387 e. The van der Waals surface area contributed by atoms with Crippen molar-refractivity contribution in [1.29, 1.82) is 0 Å². The molecular formula is C26H23F2NO3. The van der Waals surface area contributed by atoms with Crippen molar-refractivity contribution in [2.45, 2.75) is 32.3 Å². The largest absolute Gasteiger partial charge is 0.481 e. The third kappa shape index (κ3) is 5.14. The number of benzene rings is 3. The molecule has 0 atom stereocenters. The van der Waals surface area contributed by atoms with Crippen LogP contribution < -0.4 is 4.74 Å². The van der Waals surface area contributed by atoms with E-state index >= 15 is 0 Å². The van der Waals surface area contributed by atoms with E-state index in [9.17, 15) is 13.6 Å². The lowest BCUT2D eigenvalue weighted by Crippen LogP contribution is -2.02. The van der Waals surface area contributed by atoms with Gasteiger partial charge in [-0.1, -0.05) is 36.4 Å². The number of rotatable bonds is 9. The van der Waals surface area contributed by atoms with Gasteiger partial charge in [0.25, 0.3) is 0 Å². The summed E-state index contributed by atoms with van der Waals surface area (Å²) in [6.07, 6.45) is 4.31. The number of nitrogens with zero attached hydrogens (tertiary/aromatic N) is 1. The van der Waals surface area contributed by atoms with Gasteiger partial charge >= 0.3 is 12.6 Å². The molecule has 0 radical (unpaired) electrons. The molecule has 0 aliphatic carbocycles. The molecule has 1 heterocycles. The van der Waals surface area contributed by atoms with E-state index in [2.05, 4.69) is 29.1 Å². The minimum Gasteiger partial charge on any atom is -0.481 e. The Bertz CT molecular complexity index is 1200. The Labute approximate surface area is 184 Å². The Morgan fingerprint density at radius 3 is 2.34 bits per heavy atom. The van der Waals surface area contributed by atoms with Crippen LogP contribution in [-0.2, 0) is 24.1 Å². The van der Waals surface area contributed by atoms with Crippen molar-refractivity contribution in [2.75, 3.05) is 0 Å². The van der Waals surface area contributed by atoms with Gasteiger partial charge in [0.1, 0.15) is 5.75 Å². The molecule has 32 heavy (non-hydrogen) atoms. The lowest BCUT2D eigenvalue weighted by molar-refractivity contribution is -0.136. The van der Waals surface area contributed by atoms with Crippen molar-refractivity contribution in [3.05, 3.63) is 95.7 Å². The predicted molar refractivity (Wildman–Crippen MR) is 120 cm³/mol. The van der Waals surface area contributed by atoms with E-state index in [1.807, 2.05) is 34.9 Å². The minimum atomic E-state index is -2.86. The number of carbonyl (C=O) groups is 1. The van der Waals surface area contributed by atoms with Crippen LogP contribution in [0.1, 0.15) is 23.1 Å². The molecule has 3 aromatic carbocycles. The number of hydrogen-bond donors (Lipinski definition) is 1. The van der Waals surface area contributed by atoms with Crippen LogP contribution in [0.25, 0.3) is 16.6 Å². The van der Waals surface area contributed by atoms with Crippen LogP contribution >= 0.6 is 0 Å². The predicted octanol–water partition coefficient (Wildman–Crippen LogP) is 6.03. The fraction of sp³-hybridized carbons (Fsp3) is 0.192. The van der Waals surface area contributed by atoms with E-state index in [0.717, 1.165) is 40.6 Å². The summed E-state index contributed by atoms with van der Waals surface area (Å²) in [5.41, 5.74) is 5.17. The Morgan fingerprint density at radius 1 is 0.906 bits per heavy atom. The maximum Gasteiger partial charge on any atom is 0.387 e. The molecule has 0 aliphatic rings. The van der Waals surface area contributed by atoms with Gasteiger partial charge in [-0.15, -0.1) is 0 Å². The molecule has 6 heteroatoms. The third-order valence-electron chi connectivity index (χ3n) is 5.44. The number of alkyl halides is 2. The molecule has 1 N–H and O–H groups in total. The molecule has 164 valence electrons. The summed E-state index contributed by atoms with van der Waals surface area (Å²) in [5, 5.41) is 10.1. The zero-order valence-electron chi connectivity index (χ0n) is 17.4. The Hall–Kier alpha value is -3.67. The van der Waals surface area contributed by atoms with Crippen LogP contribution in [0, 0.1) is 0 Å². The molecule has 0 bridgehead atoms. The van der Waals surface area contributed by atoms with Gasteiger partial charge in [-0.05, 0) is 72.4 Å². The average molecular weight is 435 g/mol. The second-order valence-electron chi connectivity index (χ2n) is 7.63. The van der Waals surface area contributed by atoms with Crippen molar-refractivity contribution >= 4 is 16.9 Å². The van der Waals surface area contributed by atoms with Crippen molar-refractivity contribution < 1.29 is 23.4 Å². The molecule has 4 nitrogen and oxygen atoms in total. The first-order valence-corrected chi connectivity index (χ1v) is 10.4. The van der Waals surface area contributed by atoms with Crippen molar-refractivity contribution in [2.24, 2.45) is 0 Å². The Balaban J connectivity index is 1.69. The molecule has 0 unspecified atom stereocenters. The standard InChI is InChI=1S/C26H23F2NO3/c27-26(28)32-22-12-10-21(11-13-22)29-17-20(9-6-18-4-2-1-3-5-18)23-16-19(7-14-24(23)29)8-15-25(30)31/h1-5,7,10-14,16-17,26H,6,8-9,15H2,(H,30,31). The zero-order valence-corrected chi connectivity index (χ0v) is 17.4. The Morgan fingerprint density at radius 2 is 1.66 bits per heavy atom. The van der Waals surface area contributed by atoms with Gasteiger partial charge in [-0.3, -0.25) is 4.79 Å². The second-order valence-corrected chi connectivity index (χ2v) is 7.63. The van der Waals surface area contributed by atoms with Gasteiger partial charge in [-0.2, -0.15) is 8.78 Å². The van der Waals surface area contributed by atoms with E-state index < -0.39 is 12.6 Å². The van der Waals surface area contributed by atoms with Crippen LogP contribution in [0.3, 0.4) is 0 Å². The summed E-state index contributed by atoms with van der Waals surface area (Å²) in [6, 6.07) is 22.8.